The SMILES string of the molecule is c1ccc2c(c1)CCC1(CCc3ccccc3O1)O2. The van der Waals surface area contributed by atoms with E-state index in [0.29, 0.717) is 0 Å². The zero-order chi connectivity index (χ0) is 12.7. The molecule has 2 heterocycles. The van der Waals surface area contributed by atoms with Crippen LogP contribution in [0.25, 0.3) is 0 Å². The van der Waals surface area contributed by atoms with Gasteiger partial charge in [-0.2, -0.15) is 0 Å². The molecule has 0 fully saturated rings. The van der Waals surface area contributed by atoms with Crippen molar-refractivity contribution in [2.24, 2.45) is 0 Å². The molecule has 96 valence electrons. The van der Waals surface area contributed by atoms with Gasteiger partial charge < -0.3 is 9.47 Å². The van der Waals surface area contributed by atoms with Crippen molar-refractivity contribution >= 4 is 0 Å². The molecular weight excluding hydrogens is 236 g/mol. The van der Waals surface area contributed by atoms with E-state index in [9.17, 15) is 0 Å². The van der Waals surface area contributed by atoms with Crippen molar-refractivity contribution in [3.05, 3.63) is 59.7 Å². The van der Waals surface area contributed by atoms with E-state index in [2.05, 4.69) is 24.3 Å². The lowest BCUT2D eigenvalue weighted by atomic mass is 9.92. The number of hydrogen-bond donors (Lipinski definition) is 0. The summed E-state index contributed by atoms with van der Waals surface area (Å²) in [6.45, 7) is 0. The molecule has 2 aromatic rings. The number of rotatable bonds is 0. The lowest BCUT2D eigenvalue weighted by molar-refractivity contribution is -0.139. The zero-order valence-corrected chi connectivity index (χ0v) is 10.8. The molecule has 0 bridgehead atoms. The standard InChI is InChI=1S/C17H16O2/c1-3-7-15-13(5-1)9-11-17(18-15)12-10-14-6-2-4-8-16(14)19-17/h1-8H,9-12H2. The normalized spacial score (nSPS) is 18.9. The Balaban J connectivity index is 1.68. The highest BCUT2D eigenvalue weighted by Gasteiger charge is 2.41. The number of para-hydroxylation sites is 2. The van der Waals surface area contributed by atoms with Crippen molar-refractivity contribution in [3.8, 4) is 11.5 Å². The molecular formula is C17H16O2. The van der Waals surface area contributed by atoms with E-state index in [4.69, 9.17) is 9.47 Å². The third-order valence-corrected chi connectivity index (χ3v) is 4.09. The van der Waals surface area contributed by atoms with Crippen LogP contribution in [0.1, 0.15) is 24.0 Å². The summed E-state index contributed by atoms with van der Waals surface area (Å²) in [4.78, 5) is 0. The topological polar surface area (TPSA) is 18.5 Å². The molecule has 0 amide bonds. The van der Waals surface area contributed by atoms with Crippen LogP contribution in [0.15, 0.2) is 48.5 Å². The van der Waals surface area contributed by atoms with Crippen molar-refractivity contribution in [2.45, 2.75) is 31.5 Å². The first-order chi connectivity index (χ1) is 9.35. The molecule has 19 heavy (non-hydrogen) atoms. The second-order valence-electron chi connectivity index (χ2n) is 5.33. The molecule has 0 atom stereocenters. The summed E-state index contributed by atoms with van der Waals surface area (Å²) < 4.78 is 12.4. The number of aryl methyl sites for hydroxylation is 2. The Morgan fingerprint density at radius 1 is 0.684 bits per heavy atom. The molecule has 0 saturated heterocycles. The van der Waals surface area contributed by atoms with E-state index < -0.39 is 5.79 Å². The number of fused-ring (bicyclic) bond motifs is 2. The fraction of sp³-hybridized carbons (Fsp3) is 0.294. The van der Waals surface area contributed by atoms with Crippen LogP contribution in [0, 0.1) is 0 Å². The summed E-state index contributed by atoms with van der Waals surface area (Å²) >= 11 is 0. The Bertz CT molecular complexity index is 563. The van der Waals surface area contributed by atoms with E-state index in [-0.39, 0.29) is 0 Å². The maximum absolute atomic E-state index is 6.20. The Morgan fingerprint density at radius 2 is 1.16 bits per heavy atom. The van der Waals surface area contributed by atoms with Crippen LogP contribution in [0.4, 0.5) is 0 Å². The fourth-order valence-electron chi connectivity index (χ4n) is 3.02. The van der Waals surface area contributed by atoms with Gasteiger partial charge in [-0.15, -0.1) is 0 Å². The average Bonchev–Trinajstić information content (AvgIpc) is 2.47. The van der Waals surface area contributed by atoms with Gasteiger partial charge in [-0.3, -0.25) is 0 Å². The van der Waals surface area contributed by atoms with Gasteiger partial charge in [-0.05, 0) is 36.1 Å². The van der Waals surface area contributed by atoms with Gasteiger partial charge in [0, 0.05) is 12.8 Å². The Hall–Kier alpha value is -1.96. The largest absolute Gasteiger partial charge is 0.452 e. The minimum absolute atomic E-state index is 0.456. The van der Waals surface area contributed by atoms with Crippen molar-refractivity contribution in [2.75, 3.05) is 0 Å². The first-order valence-corrected chi connectivity index (χ1v) is 6.89. The summed E-state index contributed by atoms with van der Waals surface area (Å²) in [5, 5.41) is 0. The van der Waals surface area contributed by atoms with Gasteiger partial charge in [-0.25, -0.2) is 0 Å². The molecule has 2 aromatic carbocycles. The van der Waals surface area contributed by atoms with E-state index in [1.54, 1.807) is 0 Å². The average molecular weight is 252 g/mol. The predicted molar refractivity (Wildman–Crippen MR) is 73.5 cm³/mol. The fourth-order valence-corrected chi connectivity index (χ4v) is 3.02. The van der Waals surface area contributed by atoms with E-state index >= 15 is 0 Å². The Morgan fingerprint density at radius 3 is 1.68 bits per heavy atom. The maximum atomic E-state index is 6.20. The van der Waals surface area contributed by atoms with E-state index in [1.165, 1.54) is 11.1 Å². The van der Waals surface area contributed by atoms with Crippen molar-refractivity contribution in [1.29, 1.82) is 0 Å². The first kappa shape index (κ1) is 10.9. The maximum Gasteiger partial charge on any atom is 0.251 e. The monoisotopic (exact) mass is 252 g/mol. The van der Waals surface area contributed by atoms with E-state index in [1.807, 2.05) is 24.3 Å². The molecule has 2 nitrogen and oxygen atoms in total. The Kier molecular flexibility index (Phi) is 2.31. The van der Waals surface area contributed by atoms with Crippen molar-refractivity contribution < 1.29 is 9.47 Å². The second-order valence-corrected chi connectivity index (χ2v) is 5.33. The van der Waals surface area contributed by atoms with Crippen LogP contribution >= 0.6 is 0 Å². The molecule has 0 aliphatic carbocycles. The third-order valence-electron chi connectivity index (χ3n) is 4.09. The van der Waals surface area contributed by atoms with Gasteiger partial charge in [0.25, 0.3) is 5.79 Å². The van der Waals surface area contributed by atoms with Crippen LogP contribution < -0.4 is 9.47 Å². The molecule has 2 heteroatoms. The van der Waals surface area contributed by atoms with E-state index in [0.717, 1.165) is 37.2 Å². The van der Waals surface area contributed by atoms with Gasteiger partial charge >= 0.3 is 0 Å². The lowest BCUT2D eigenvalue weighted by Crippen LogP contribution is -2.47. The van der Waals surface area contributed by atoms with Gasteiger partial charge in [-0.1, -0.05) is 36.4 Å². The van der Waals surface area contributed by atoms with Gasteiger partial charge in [0.2, 0.25) is 0 Å². The highest BCUT2D eigenvalue weighted by Crippen LogP contribution is 2.41. The summed E-state index contributed by atoms with van der Waals surface area (Å²) in [6, 6.07) is 16.5. The number of benzene rings is 2. The summed E-state index contributed by atoms with van der Waals surface area (Å²) in [5.41, 5.74) is 2.58. The highest BCUT2D eigenvalue weighted by atomic mass is 16.7. The van der Waals surface area contributed by atoms with Crippen LogP contribution in [0.3, 0.4) is 0 Å². The van der Waals surface area contributed by atoms with Gasteiger partial charge in [0.1, 0.15) is 11.5 Å². The van der Waals surface area contributed by atoms with Crippen LogP contribution in [-0.2, 0) is 12.8 Å². The molecule has 0 radical (unpaired) electrons. The molecule has 0 saturated carbocycles. The first-order valence-electron chi connectivity index (χ1n) is 6.89. The highest BCUT2D eigenvalue weighted by molar-refractivity contribution is 5.39. The molecule has 4 rings (SSSR count). The minimum Gasteiger partial charge on any atom is -0.452 e. The Labute approximate surface area is 113 Å². The zero-order valence-electron chi connectivity index (χ0n) is 10.8. The molecule has 2 aliphatic rings. The molecule has 0 aromatic heterocycles. The number of hydrogen-bond acceptors (Lipinski definition) is 2. The molecule has 0 unspecified atom stereocenters. The van der Waals surface area contributed by atoms with Crippen molar-refractivity contribution in [3.63, 3.8) is 0 Å². The van der Waals surface area contributed by atoms with Crippen LogP contribution in [-0.4, -0.2) is 5.79 Å². The summed E-state index contributed by atoms with van der Waals surface area (Å²) in [6.07, 6.45) is 3.91. The smallest absolute Gasteiger partial charge is 0.251 e. The van der Waals surface area contributed by atoms with Gasteiger partial charge in [0.05, 0.1) is 0 Å². The number of ether oxygens (including phenoxy) is 2. The molecule has 2 aliphatic heterocycles. The lowest BCUT2D eigenvalue weighted by Gasteiger charge is -2.41. The van der Waals surface area contributed by atoms with Crippen molar-refractivity contribution in [1.82, 2.24) is 0 Å². The molecule has 0 N–H and O–H groups in total. The van der Waals surface area contributed by atoms with Gasteiger partial charge in [0.15, 0.2) is 0 Å². The quantitative estimate of drug-likeness (QED) is 0.711. The third kappa shape index (κ3) is 1.79. The second kappa shape index (κ2) is 4.02. The van der Waals surface area contributed by atoms with Crippen LogP contribution in [0.5, 0.6) is 11.5 Å². The summed E-state index contributed by atoms with van der Waals surface area (Å²) in [5.74, 6) is 1.50. The molecule has 1 spiro atoms. The summed E-state index contributed by atoms with van der Waals surface area (Å²) in [7, 11) is 0. The van der Waals surface area contributed by atoms with Crippen LogP contribution in [0.2, 0.25) is 0 Å². The predicted octanol–water partition coefficient (Wildman–Crippen LogP) is 3.73. The minimum atomic E-state index is -0.456.